The van der Waals surface area contributed by atoms with Gasteiger partial charge in [0.2, 0.25) is 0 Å². The van der Waals surface area contributed by atoms with E-state index in [0.717, 1.165) is 0 Å². The van der Waals surface area contributed by atoms with E-state index in [2.05, 4.69) is 0 Å². The standard InChI is InChI=1S/C6HCl4F/c7-2-1-3(8)5(10)6(11)4(2)9/h1H. The van der Waals surface area contributed by atoms with Crippen molar-refractivity contribution in [2.75, 3.05) is 0 Å². The van der Waals surface area contributed by atoms with Crippen LogP contribution in [0.1, 0.15) is 0 Å². The van der Waals surface area contributed by atoms with Crippen LogP contribution in [0.15, 0.2) is 6.07 Å². The normalized spacial score (nSPS) is 10.3. The van der Waals surface area contributed by atoms with Crippen LogP contribution in [0.3, 0.4) is 0 Å². The summed E-state index contributed by atoms with van der Waals surface area (Å²) in [7, 11) is 0. The molecule has 0 saturated carbocycles. The van der Waals surface area contributed by atoms with Crippen molar-refractivity contribution < 1.29 is 4.39 Å². The lowest BCUT2D eigenvalue weighted by atomic mass is 10.3. The molecule has 0 aliphatic carbocycles. The molecule has 0 aromatic heterocycles. The first-order valence-electron chi connectivity index (χ1n) is 2.52. The topological polar surface area (TPSA) is 0 Å². The molecule has 0 aliphatic heterocycles. The predicted molar refractivity (Wildman–Crippen MR) is 46.4 cm³/mol. The van der Waals surface area contributed by atoms with Crippen LogP contribution in [0.4, 0.5) is 4.39 Å². The highest BCUT2D eigenvalue weighted by molar-refractivity contribution is 6.47. The summed E-state index contributed by atoms with van der Waals surface area (Å²) in [4.78, 5) is 0. The van der Waals surface area contributed by atoms with Gasteiger partial charge in [0, 0.05) is 0 Å². The Labute approximate surface area is 82.8 Å². The Hall–Kier alpha value is 0.310. The van der Waals surface area contributed by atoms with Gasteiger partial charge in [-0.25, -0.2) is 4.39 Å². The molecule has 0 atom stereocenters. The van der Waals surface area contributed by atoms with Crippen LogP contribution in [0.2, 0.25) is 20.1 Å². The van der Waals surface area contributed by atoms with Crippen molar-refractivity contribution >= 4 is 46.4 Å². The molecule has 1 rings (SSSR count). The summed E-state index contributed by atoms with van der Waals surface area (Å²) in [6, 6.07) is 1.29. The highest BCUT2D eigenvalue weighted by Crippen LogP contribution is 2.35. The maximum Gasteiger partial charge on any atom is 0.163 e. The molecule has 0 bridgehead atoms. The molecule has 1 aromatic rings. The minimum absolute atomic E-state index is 0.0542. The molecular weight excluding hydrogens is 233 g/mol. The molecule has 60 valence electrons. The molecule has 0 N–H and O–H groups in total. The predicted octanol–water partition coefficient (Wildman–Crippen LogP) is 4.44. The monoisotopic (exact) mass is 232 g/mol. The largest absolute Gasteiger partial charge is 0.204 e. The molecule has 0 aliphatic rings. The first-order chi connectivity index (χ1) is 5.04. The minimum atomic E-state index is -0.786. The Morgan fingerprint density at radius 2 is 1.27 bits per heavy atom. The number of rotatable bonds is 0. The maximum absolute atomic E-state index is 12.8. The van der Waals surface area contributed by atoms with Gasteiger partial charge in [0.1, 0.15) is 0 Å². The van der Waals surface area contributed by atoms with Crippen molar-refractivity contribution in [3.63, 3.8) is 0 Å². The number of benzene rings is 1. The van der Waals surface area contributed by atoms with Gasteiger partial charge in [0.05, 0.1) is 20.1 Å². The van der Waals surface area contributed by atoms with Crippen molar-refractivity contribution in [2.45, 2.75) is 0 Å². The molecule has 0 amide bonds. The van der Waals surface area contributed by atoms with Crippen LogP contribution in [0, 0.1) is 5.82 Å². The smallest absolute Gasteiger partial charge is 0.163 e. The van der Waals surface area contributed by atoms with Crippen LogP contribution >= 0.6 is 46.4 Å². The lowest BCUT2D eigenvalue weighted by Gasteiger charge is -2.01. The highest BCUT2D eigenvalue weighted by Gasteiger charge is 2.12. The Bertz CT molecular complexity index is 271. The molecule has 5 heteroatoms. The molecule has 0 saturated heterocycles. The maximum atomic E-state index is 12.8. The fourth-order valence-corrected chi connectivity index (χ4v) is 1.33. The van der Waals surface area contributed by atoms with E-state index < -0.39 is 5.82 Å². The fourth-order valence-electron chi connectivity index (χ4n) is 0.544. The van der Waals surface area contributed by atoms with Crippen molar-refractivity contribution in [1.29, 1.82) is 0 Å². The lowest BCUT2D eigenvalue weighted by molar-refractivity contribution is 0.629. The van der Waals surface area contributed by atoms with Gasteiger partial charge in [0.25, 0.3) is 0 Å². The van der Waals surface area contributed by atoms with E-state index in [1.165, 1.54) is 6.07 Å². The fraction of sp³-hybridized carbons (Fsp3) is 0. The highest BCUT2D eigenvalue weighted by atomic mass is 35.5. The van der Waals surface area contributed by atoms with Gasteiger partial charge in [0.15, 0.2) is 5.82 Å². The second kappa shape index (κ2) is 3.36. The van der Waals surface area contributed by atoms with E-state index in [9.17, 15) is 4.39 Å². The van der Waals surface area contributed by atoms with E-state index in [0.29, 0.717) is 0 Å². The molecule has 1 aromatic carbocycles. The van der Waals surface area contributed by atoms with Crippen molar-refractivity contribution in [3.8, 4) is 0 Å². The molecule has 11 heavy (non-hydrogen) atoms. The first-order valence-corrected chi connectivity index (χ1v) is 4.03. The molecular formula is C6HCl4F. The number of hydrogen-bond donors (Lipinski definition) is 0. The second-order valence-corrected chi connectivity index (χ2v) is 3.35. The third-order valence-electron chi connectivity index (χ3n) is 1.06. The van der Waals surface area contributed by atoms with Gasteiger partial charge in [-0.1, -0.05) is 46.4 Å². The van der Waals surface area contributed by atoms with Crippen molar-refractivity contribution in [1.82, 2.24) is 0 Å². The summed E-state index contributed by atoms with van der Waals surface area (Å²) >= 11 is 21.8. The molecule has 0 nitrogen and oxygen atoms in total. The summed E-state index contributed by atoms with van der Waals surface area (Å²) in [5.74, 6) is -0.786. The molecule has 0 unspecified atom stereocenters. The average molecular weight is 234 g/mol. The van der Waals surface area contributed by atoms with Crippen LogP contribution in [-0.2, 0) is 0 Å². The zero-order chi connectivity index (χ0) is 8.59. The third kappa shape index (κ3) is 1.73. The molecule has 0 radical (unpaired) electrons. The van der Waals surface area contributed by atoms with Crippen LogP contribution < -0.4 is 0 Å². The Morgan fingerprint density at radius 3 is 1.64 bits per heavy atom. The van der Waals surface area contributed by atoms with Gasteiger partial charge in [-0.2, -0.15) is 0 Å². The Balaban J connectivity index is 3.46. The SMILES string of the molecule is Fc1c(Cl)c(Cl)cc(Cl)c1Cl. The van der Waals surface area contributed by atoms with Crippen LogP contribution in [-0.4, -0.2) is 0 Å². The van der Waals surface area contributed by atoms with E-state index in [-0.39, 0.29) is 20.1 Å². The quantitative estimate of drug-likeness (QED) is 0.459. The average Bonchev–Trinajstić information content (AvgIpc) is 1.97. The summed E-state index contributed by atoms with van der Waals surface area (Å²) in [6.07, 6.45) is 0. The van der Waals surface area contributed by atoms with Gasteiger partial charge in [-0.05, 0) is 6.07 Å². The second-order valence-electron chi connectivity index (χ2n) is 1.78. The summed E-state index contributed by atoms with van der Waals surface area (Å²) in [5.41, 5.74) is 0. The summed E-state index contributed by atoms with van der Waals surface area (Å²) < 4.78 is 12.8. The molecule has 0 fully saturated rings. The van der Waals surface area contributed by atoms with Gasteiger partial charge in [-0.3, -0.25) is 0 Å². The van der Waals surface area contributed by atoms with Crippen LogP contribution in [0.5, 0.6) is 0 Å². The lowest BCUT2D eigenvalue weighted by Crippen LogP contribution is -1.81. The van der Waals surface area contributed by atoms with Gasteiger partial charge < -0.3 is 0 Å². The van der Waals surface area contributed by atoms with Crippen molar-refractivity contribution in [3.05, 3.63) is 32.0 Å². The van der Waals surface area contributed by atoms with Crippen molar-refractivity contribution in [2.24, 2.45) is 0 Å². The zero-order valence-corrected chi connectivity index (χ0v) is 7.99. The van der Waals surface area contributed by atoms with Gasteiger partial charge in [-0.15, -0.1) is 0 Å². The first kappa shape index (κ1) is 9.40. The third-order valence-corrected chi connectivity index (χ3v) is 2.59. The van der Waals surface area contributed by atoms with E-state index in [1.54, 1.807) is 0 Å². The van der Waals surface area contributed by atoms with Gasteiger partial charge >= 0.3 is 0 Å². The Morgan fingerprint density at radius 1 is 0.909 bits per heavy atom. The summed E-state index contributed by atoms with van der Waals surface area (Å²) in [6.45, 7) is 0. The zero-order valence-electron chi connectivity index (χ0n) is 4.97. The summed E-state index contributed by atoms with van der Waals surface area (Å²) in [5, 5.41) is -0.306. The minimum Gasteiger partial charge on any atom is -0.204 e. The molecule has 0 heterocycles. The van der Waals surface area contributed by atoms with E-state index in [4.69, 9.17) is 46.4 Å². The van der Waals surface area contributed by atoms with Crippen LogP contribution in [0.25, 0.3) is 0 Å². The molecule has 0 spiro atoms. The number of hydrogen-bond acceptors (Lipinski definition) is 0. The number of halogens is 5. The van der Waals surface area contributed by atoms with E-state index >= 15 is 0 Å². The van der Waals surface area contributed by atoms with E-state index in [1.807, 2.05) is 0 Å². The Kier molecular flexibility index (Phi) is 2.87.